The van der Waals surface area contributed by atoms with E-state index in [1.807, 2.05) is 12.1 Å². The van der Waals surface area contributed by atoms with Gasteiger partial charge in [-0.05, 0) is 25.1 Å². The maximum Gasteiger partial charge on any atom is 0.201 e. The molecule has 0 spiro atoms. The van der Waals surface area contributed by atoms with Crippen molar-refractivity contribution in [1.82, 2.24) is 4.90 Å². The van der Waals surface area contributed by atoms with Crippen LogP contribution < -0.4 is 4.90 Å². The first kappa shape index (κ1) is 11.2. The Kier molecular flexibility index (Phi) is 2.68. The highest BCUT2D eigenvalue weighted by Crippen LogP contribution is 2.33. The number of guanidine groups is 1. The Hall–Kier alpha value is -0.930. The van der Waals surface area contributed by atoms with Gasteiger partial charge in [-0.25, -0.2) is 0 Å². The summed E-state index contributed by atoms with van der Waals surface area (Å²) in [6.07, 6.45) is 0. The van der Waals surface area contributed by atoms with Crippen LogP contribution in [0.2, 0.25) is 10.0 Å². The molecule has 1 aromatic carbocycles. The Morgan fingerprint density at radius 3 is 2.94 bits per heavy atom. The molecular formula is C12H13Cl2N3. The molecule has 1 fully saturated rings. The summed E-state index contributed by atoms with van der Waals surface area (Å²) in [4.78, 5) is 9.05. The number of anilines is 1. The first-order chi connectivity index (χ1) is 8.16. The third-order valence-electron chi connectivity index (χ3n) is 3.27. The van der Waals surface area contributed by atoms with Crippen LogP contribution in [0.15, 0.2) is 23.2 Å². The van der Waals surface area contributed by atoms with Crippen molar-refractivity contribution in [2.75, 3.05) is 24.5 Å². The predicted octanol–water partition coefficient (Wildman–Crippen LogP) is 2.87. The zero-order chi connectivity index (χ0) is 12.0. The monoisotopic (exact) mass is 269 g/mol. The number of fused-ring (bicyclic) bond motifs is 1. The maximum atomic E-state index is 6.25. The molecule has 3 rings (SSSR count). The van der Waals surface area contributed by atoms with E-state index < -0.39 is 0 Å². The van der Waals surface area contributed by atoms with Crippen LogP contribution in [0.3, 0.4) is 0 Å². The zero-order valence-electron chi connectivity index (χ0n) is 9.53. The summed E-state index contributed by atoms with van der Waals surface area (Å²) in [7, 11) is 0. The Bertz CT molecular complexity index is 487. The van der Waals surface area contributed by atoms with E-state index in [2.05, 4.69) is 21.7 Å². The van der Waals surface area contributed by atoms with Crippen LogP contribution in [-0.2, 0) is 0 Å². The van der Waals surface area contributed by atoms with Crippen LogP contribution >= 0.6 is 23.2 Å². The second kappa shape index (κ2) is 4.07. The SMILES string of the molecule is CC1CN(c2ccc(Cl)cc2Cl)C2=NCCN21. The zero-order valence-corrected chi connectivity index (χ0v) is 11.0. The van der Waals surface area contributed by atoms with Crippen LogP contribution in [0.1, 0.15) is 6.92 Å². The first-order valence-corrected chi connectivity index (χ1v) is 6.46. The molecule has 0 bridgehead atoms. The molecule has 5 heteroatoms. The molecule has 2 heterocycles. The second-order valence-corrected chi connectivity index (χ2v) is 5.27. The van der Waals surface area contributed by atoms with E-state index in [1.165, 1.54) is 0 Å². The number of benzene rings is 1. The van der Waals surface area contributed by atoms with Gasteiger partial charge >= 0.3 is 0 Å². The van der Waals surface area contributed by atoms with E-state index in [0.29, 0.717) is 16.1 Å². The number of nitrogens with zero attached hydrogens (tertiary/aromatic N) is 3. The van der Waals surface area contributed by atoms with E-state index in [4.69, 9.17) is 23.2 Å². The normalized spacial score (nSPS) is 23.0. The topological polar surface area (TPSA) is 18.8 Å². The quantitative estimate of drug-likeness (QED) is 0.781. The second-order valence-electron chi connectivity index (χ2n) is 4.43. The highest BCUT2D eigenvalue weighted by Gasteiger charge is 2.36. The summed E-state index contributed by atoms with van der Waals surface area (Å²) < 4.78 is 0. The smallest absolute Gasteiger partial charge is 0.201 e. The number of aliphatic imine (C=N–C) groups is 1. The van der Waals surface area contributed by atoms with Gasteiger partial charge in [0.15, 0.2) is 0 Å². The van der Waals surface area contributed by atoms with Crippen LogP contribution in [0.4, 0.5) is 5.69 Å². The predicted molar refractivity (Wildman–Crippen MR) is 72.3 cm³/mol. The van der Waals surface area contributed by atoms with Crippen molar-refractivity contribution in [2.45, 2.75) is 13.0 Å². The molecule has 1 unspecified atom stereocenters. The molecule has 1 aromatic rings. The molecule has 0 aliphatic carbocycles. The molecule has 2 aliphatic heterocycles. The minimum atomic E-state index is 0.489. The van der Waals surface area contributed by atoms with Crippen molar-refractivity contribution >= 4 is 34.8 Å². The summed E-state index contributed by atoms with van der Waals surface area (Å²) in [6, 6.07) is 6.09. The molecule has 3 nitrogen and oxygen atoms in total. The van der Waals surface area contributed by atoms with E-state index in [0.717, 1.165) is 31.3 Å². The lowest BCUT2D eigenvalue weighted by Gasteiger charge is -2.20. The van der Waals surface area contributed by atoms with E-state index >= 15 is 0 Å². The molecule has 90 valence electrons. The van der Waals surface area contributed by atoms with Crippen molar-refractivity contribution in [1.29, 1.82) is 0 Å². The van der Waals surface area contributed by atoms with Gasteiger partial charge in [0.1, 0.15) is 0 Å². The molecule has 1 saturated heterocycles. The fourth-order valence-corrected chi connectivity index (χ4v) is 2.97. The number of hydrogen-bond acceptors (Lipinski definition) is 3. The Morgan fingerprint density at radius 1 is 1.35 bits per heavy atom. The van der Waals surface area contributed by atoms with Gasteiger partial charge in [0.2, 0.25) is 5.96 Å². The Morgan fingerprint density at radius 2 is 2.18 bits per heavy atom. The van der Waals surface area contributed by atoms with Crippen LogP contribution in [0.5, 0.6) is 0 Å². The van der Waals surface area contributed by atoms with Gasteiger partial charge in [-0.2, -0.15) is 0 Å². The number of hydrogen-bond donors (Lipinski definition) is 0. The van der Waals surface area contributed by atoms with Gasteiger partial charge < -0.3 is 9.80 Å². The van der Waals surface area contributed by atoms with E-state index in [9.17, 15) is 0 Å². The highest BCUT2D eigenvalue weighted by molar-refractivity contribution is 6.36. The largest absolute Gasteiger partial charge is 0.336 e. The summed E-state index contributed by atoms with van der Waals surface area (Å²) in [5, 5.41) is 1.34. The van der Waals surface area contributed by atoms with Crippen molar-refractivity contribution in [3.05, 3.63) is 28.2 Å². The lowest BCUT2D eigenvalue weighted by Crippen LogP contribution is -2.31. The van der Waals surface area contributed by atoms with Crippen molar-refractivity contribution in [3.63, 3.8) is 0 Å². The average Bonchev–Trinajstić information content (AvgIpc) is 2.84. The molecular weight excluding hydrogens is 257 g/mol. The first-order valence-electron chi connectivity index (χ1n) is 5.70. The van der Waals surface area contributed by atoms with Crippen LogP contribution in [-0.4, -0.2) is 36.5 Å². The Labute approximate surface area is 111 Å². The lowest BCUT2D eigenvalue weighted by molar-refractivity contribution is 0.399. The standard InChI is InChI=1S/C12H13Cl2N3/c1-8-7-17(12-15-4-5-16(8)12)11-3-2-9(13)6-10(11)14/h2-3,6,8H,4-5,7H2,1H3. The third-order valence-corrected chi connectivity index (χ3v) is 3.81. The molecule has 2 aliphatic rings. The summed E-state index contributed by atoms with van der Waals surface area (Å²) in [5.74, 6) is 1.04. The number of rotatable bonds is 1. The fraction of sp³-hybridized carbons (Fsp3) is 0.417. The molecule has 0 amide bonds. The van der Waals surface area contributed by atoms with Crippen LogP contribution in [0.25, 0.3) is 0 Å². The highest BCUT2D eigenvalue weighted by atomic mass is 35.5. The fourth-order valence-electron chi connectivity index (χ4n) is 2.46. The van der Waals surface area contributed by atoms with Gasteiger partial charge in [-0.1, -0.05) is 23.2 Å². The molecule has 0 aromatic heterocycles. The van der Waals surface area contributed by atoms with Gasteiger partial charge in [-0.15, -0.1) is 0 Å². The molecule has 0 radical (unpaired) electrons. The van der Waals surface area contributed by atoms with Gasteiger partial charge in [0.05, 0.1) is 17.3 Å². The molecule has 0 saturated carbocycles. The Balaban J connectivity index is 1.99. The summed E-state index contributed by atoms with van der Waals surface area (Å²) >= 11 is 12.2. The van der Waals surface area contributed by atoms with Gasteiger partial charge in [0, 0.05) is 24.2 Å². The molecule has 1 atom stereocenters. The van der Waals surface area contributed by atoms with Gasteiger partial charge in [0.25, 0.3) is 0 Å². The minimum Gasteiger partial charge on any atom is -0.336 e. The van der Waals surface area contributed by atoms with Crippen molar-refractivity contribution in [2.24, 2.45) is 4.99 Å². The van der Waals surface area contributed by atoms with Crippen molar-refractivity contribution < 1.29 is 0 Å². The maximum absolute atomic E-state index is 6.25. The summed E-state index contributed by atoms with van der Waals surface area (Å²) in [5.41, 5.74) is 0.992. The van der Waals surface area contributed by atoms with Gasteiger partial charge in [-0.3, -0.25) is 4.99 Å². The van der Waals surface area contributed by atoms with Crippen LogP contribution in [0, 0.1) is 0 Å². The van der Waals surface area contributed by atoms with Crippen molar-refractivity contribution in [3.8, 4) is 0 Å². The van der Waals surface area contributed by atoms with E-state index in [-0.39, 0.29) is 0 Å². The molecule has 17 heavy (non-hydrogen) atoms. The molecule has 0 N–H and O–H groups in total. The average molecular weight is 270 g/mol. The number of halogens is 2. The third kappa shape index (κ3) is 1.78. The lowest BCUT2D eigenvalue weighted by atomic mass is 10.2. The van der Waals surface area contributed by atoms with E-state index in [1.54, 1.807) is 6.07 Å². The summed E-state index contributed by atoms with van der Waals surface area (Å²) in [6.45, 7) is 5.03. The minimum absolute atomic E-state index is 0.489.